The van der Waals surface area contributed by atoms with Gasteiger partial charge in [-0.2, -0.15) is 0 Å². The minimum Gasteiger partial charge on any atom is -0.348 e. The SMILES string of the molecule is C/C(=C\C(NC(=O)[C@@H](NC(=O)C(N(C)C)C(C)(C)c1ccccc1)C(C)(C)C)C(C)C)C(=O)NO. The third-order valence-corrected chi connectivity index (χ3v) is 6.30. The van der Waals surface area contributed by atoms with Crippen molar-refractivity contribution in [2.75, 3.05) is 14.1 Å². The van der Waals surface area contributed by atoms with Crippen LogP contribution in [-0.4, -0.2) is 60.0 Å². The molecule has 8 nitrogen and oxygen atoms in total. The Hall–Kier alpha value is -2.71. The Morgan fingerprint density at radius 2 is 1.49 bits per heavy atom. The van der Waals surface area contributed by atoms with Gasteiger partial charge in [-0.15, -0.1) is 0 Å². The molecule has 0 aromatic heterocycles. The van der Waals surface area contributed by atoms with Crippen molar-refractivity contribution in [3.05, 3.63) is 47.5 Å². The molecule has 0 saturated heterocycles. The highest BCUT2D eigenvalue weighted by molar-refractivity contribution is 5.93. The average Bonchev–Trinajstić information content (AvgIpc) is 2.75. The molecule has 1 aromatic rings. The van der Waals surface area contributed by atoms with E-state index in [-0.39, 0.29) is 23.3 Å². The van der Waals surface area contributed by atoms with Crippen molar-refractivity contribution >= 4 is 17.7 Å². The number of nitrogens with one attached hydrogen (secondary N) is 3. The van der Waals surface area contributed by atoms with Gasteiger partial charge < -0.3 is 10.6 Å². The summed E-state index contributed by atoms with van der Waals surface area (Å²) in [7, 11) is 3.71. The molecule has 0 spiro atoms. The van der Waals surface area contributed by atoms with Crippen LogP contribution in [0.5, 0.6) is 0 Å². The van der Waals surface area contributed by atoms with Gasteiger partial charge in [0, 0.05) is 11.0 Å². The summed E-state index contributed by atoms with van der Waals surface area (Å²) in [4.78, 5) is 40.7. The molecule has 4 N–H and O–H groups in total. The van der Waals surface area contributed by atoms with E-state index in [0.717, 1.165) is 5.56 Å². The minimum absolute atomic E-state index is 0.0248. The number of hydrogen-bond acceptors (Lipinski definition) is 5. The second-order valence-electron chi connectivity index (χ2n) is 11.3. The third kappa shape index (κ3) is 8.18. The van der Waals surface area contributed by atoms with Crippen LogP contribution in [0, 0.1) is 11.3 Å². The molecule has 0 aliphatic heterocycles. The monoisotopic (exact) mass is 488 g/mol. The average molecular weight is 489 g/mol. The third-order valence-electron chi connectivity index (χ3n) is 6.30. The minimum atomic E-state index is -0.814. The summed E-state index contributed by atoms with van der Waals surface area (Å²) in [5, 5.41) is 14.9. The first-order chi connectivity index (χ1) is 16.0. The topological polar surface area (TPSA) is 111 Å². The first-order valence-corrected chi connectivity index (χ1v) is 12.0. The maximum absolute atomic E-state index is 13.7. The van der Waals surface area contributed by atoms with Crippen molar-refractivity contribution < 1.29 is 19.6 Å². The Balaban J connectivity index is 3.26. The van der Waals surface area contributed by atoms with E-state index < -0.39 is 34.9 Å². The zero-order valence-electron chi connectivity index (χ0n) is 22.9. The molecule has 1 rings (SSSR count). The predicted octanol–water partition coefficient (Wildman–Crippen LogP) is 3.02. The van der Waals surface area contributed by atoms with Crippen molar-refractivity contribution in [3.63, 3.8) is 0 Å². The Kier molecular flexibility index (Phi) is 10.7. The lowest BCUT2D eigenvalue weighted by atomic mass is 9.76. The Labute approximate surface area is 210 Å². The fourth-order valence-electron chi connectivity index (χ4n) is 4.21. The Morgan fingerprint density at radius 1 is 0.943 bits per heavy atom. The highest BCUT2D eigenvalue weighted by Crippen LogP contribution is 2.30. The zero-order chi connectivity index (χ0) is 27.1. The van der Waals surface area contributed by atoms with Crippen LogP contribution in [0.2, 0.25) is 0 Å². The standard InChI is InChI=1S/C27H44N4O4/c1-17(2)20(16-18(3)23(32)30-35)28-24(33)21(26(4,5)6)29-25(34)22(31(9)10)27(7,8)19-14-12-11-13-15-19/h11-17,20-22,35H,1-10H3,(H,28,33)(H,29,34)(H,30,32)/b18-16+/t20?,21-,22?/m1/s1. The molecule has 196 valence electrons. The smallest absolute Gasteiger partial charge is 0.270 e. The van der Waals surface area contributed by atoms with Crippen molar-refractivity contribution in [1.29, 1.82) is 0 Å². The highest BCUT2D eigenvalue weighted by atomic mass is 16.5. The largest absolute Gasteiger partial charge is 0.348 e. The quantitative estimate of drug-likeness (QED) is 0.230. The lowest BCUT2D eigenvalue weighted by Gasteiger charge is -2.40. The normalized spacial score (nSPS) is 15.4. The molecule has 0 bridgehead atoms. The van der Waals surface area contributed by atoms with Crippen LogP contribution in [0.4, 0.5) is 0 Å². The first kappa shape index (κ1) is 30.3. The number of carbonyl (C=O) groups excluding carboxylic acids is 3. The summed E-state index contributed by atoms with van der Waals surface area (Å²) < 4.78 is 0. The van der Waals surface area contributed by atoms with Gasteiger partial charge in [0.05, 0.1) is 12.1 Å². The molecule has 0 aliphatic rings. The molecule has 0 radical (unpaired) electrons. The van der Waals surface area contributed by atoms with E-state index in [9.17, 15) is 14.4 Å². The fraction of sp³-hybridized carbons (Fsp3) is 0.593. The number of hydroxylamine groups is 1. The van der Waals surface area contributed by atoms with Crippen molar-refractivity contribution in [2.45, 2.75) is 78.9 Å². The van der Waals surface area contributed by atoms with E-state index >= 15 is 0 Å². The molecule has 1 aromatic carbocycles. The number of amides is 3. The Bertz CT molecular complexity index is 902. The lowest BCUT2D eigenvalue weighted by molar-refractivity contribution is -0.135. The lowest BCUT2D eigenvalue weighted by Crippen LogP contribution is -2.61. The van der Waals surface area contributed by atoms with Crippen LogP contribution in [0.3, 0.4) is 0 Å². The van der Waals surface area contributed by atoms with Crippen molar-refractivity contribution in [2.24, 2.45) is 11.3 Å². The van der Waals surface area contributed by atoms with E-state index in [1.807, 2.05) is 97.8 Å². The van der Waals surface area contributed by atoms with E-state index in [4.69, 9.17) is 5.21 Å². The van der Waals surface area contributed by atoms with Crippen LogP contribution in [0.25, 0.3) is 0 Å². The van der Waals surface area contributed by atoms with Crippen molar-refractivity contribution in [3.8, 4) is 0 Å². The zero-order valence-corrected chi connectivity index (χ0v) is 22.9. The Morgan fingerprint density at radius 3 is 1.91 bits per heavy atom. The van der Waals surface area contributed by atoms with Gasteiger partial charge in [-0.25, -0.2) is 5.48 Å². The highest BCUT2D eigenvalue weighted by Gasteiger charge is 2.42. The van der Waals surface area contributed by atoms with E-state index in [1.165, 1.54) is 0 Å². The fourth-order valence-corrected chi connectivity index (χ4v) is 4.21. The molecular formula is C27H44N4O4. The number of carbonyl (C=O) groups is 3. The summed E-state index contributed by atoms with van der Waals surface area (Å²) in [6.45, 7) is 15.1. The van der Waals surface area contributed by atoms with Gasteiger partial charge in [0.25, 0.3) is 5.91 Å². The van der Waals surface area contributed by atoms with Crippen LogP contribution in [0.15, 0.2) is 42.0 Å². The number of benzene rings is 1. The summed E-state index contributed by atoms with van der Waals surface area (Å²) in [5.74, 6) is -1.25. The van der Waals surface area contributed by atoms with Crippen LogP contribution < -0.4 is 16.1 Å². The molecule has 2 unspecified atom stereocenters. The van der Waals surface area contributed by atoms with Gasteiger partial charge in [-0.1, -0.05) is 84.9 Å². The molecule has 0 aliphatic carbocycles. The van der Waals surface area contributed by atoms with Gasteiger partial charge in [0.15, 0.2) is 0 Å². The van der Waals surface area contributed by atoms with Gasteiger partial charge in [0.2, 0.25) is 11.8 Å². The van der Waals surface area contributed by atoms with Gasteiger partial charge in [-0.05, 0) is 37.9 Å². The van der Waals surface area contributed by atoms with E-state index in [0.29, 0.717) is 0 Å². The number of hydrogen-bond donors (Lipinski definition) is 4. The maximum Gasteiger partial charge on any atom is 0.270 e. The maximum atomic E-state index is 13.7. The number of rotatable bonds is 10. The van der Waals surface area contributed by atoms with Gasteiger partial charge >= 0.3 is 0 Å². The molecule has 35 heavy (non-hydrogen) atoms. The molecular weight excluding hydrogens is 444 g/mol. The van der Waals surface area contributed by atoms with Crippen molar-refractivity contribution in [1.82, 2.24) is 21.0 Å². The van der Waals surface area contributed by atoms with E-state index in [1.54, 1.807) is 18.5 Å². The van der Waals surface area contributed by atoms with Crippen LogP contribution >= 0.6 is 0 Å². The second kappa shape index (κ2) is 12.3. The summed E-state index contributed by atoms with van der Waals surface area (Å²) in [6.07, 6.45) is 1.61. The van der Waals surface area contributed by atoms with Gasteiger partial charge in [0.1, 0.15) is 6.04 Å². The predicted molar refractivity (Wildman–Crippen MR) is 139 cm³/mol. The molecule has 0 saturated carbocycles. The summed E-state index contributed by atoms with van der Waals surface area (Å²) in [5.41, 5.74) is 1.81. The molecule has 8 heteroatoms. The second-order valence-corrected chi connectivity index (χ2v) is 11.3. The molecule has 0 heterocycles. The first-order valence-electron chi connectivity index (χ1n) is 12.0. The number of likely N-dealkylation sites (N-methyl/N-ethyl adjacent to an activating group) is 1. The summed E-state index contributed by atoms with van der Waals surface area (Å²) >= 11 is 0. The van der Waals surface area contributed by atoms with Crippen LogP contribution in [0.1, 0.15) is 61.0 Å². The number of nitrogens with zero attached hydrogens (tertiary/aromatic N) is 1. The summed E-state index contributed by atoms with van der Waals surface area (Å²) in [6, 6.07) is 8.04. The molecule has 3 atom stereocenters. The van der Waals surface area contributed by atoms with Gasteiger partial charge in [-0.3, -0.25) is 24.5 Å². The molecule has 3 amide bonds. The molecule has 0 fully saturated rings. The van der Waals surface area contributed by atoms with E-state index in [2.05, 4.69) is 10.6 Å². The van der Waals surface area contributed by atoms with Crippen LogP contribution in [-0.2, 0) is 19.8 Å².